The van der Waals surface area contributed by atoms with Crippen molar-refractivity contribution >= 4 is 33.0 Å². The highest BCUT2D eigenvalue weighted by atomic mass is 32.1. The number of methoxy groups -OCH3 is 1. The van der Waals surface area contributed by atoms with E-state index in [1.165, 1.54) is 0 Å². The van der Waals surface area contributed by atoms with Crippen molar-refractivity contribution in [2.24, 2.45) is 0 Å². The van der Waals surface area contributed by atoms with Gasteiger partial charge in [0.2, 0.25) is 0 Å². The van der Waals surface area contributed by atoms with Crippen LogP contribution in [0.5, 0.6) is 5.75 Å². The van der Waals surface area contributed by atoms with Crippen molar-refractivity contribution in [1.82, 2.24) is 9.97 Å². The van der Waals surface area contributed by atoms with Gasteiger partial charge >= 0.3 is 0 Å². The quantitative estimate of drug-likeness (QED) is 0.410. The molecule has 162 valence electrons. The molecular weight excluding hydrogens is 410 g/mol. The first-order valence-corrected chi connectivity index (χ1v) is 10.7. The molecule has 2 N–H and O–H groups in total. The number of hydrogen-bond acceptors (Lipinski definition) is 7. The first-order chi connectivity index (χ1) is 15.1. The number of carbonyl (C=O) groups is 1. The Kier molecular flexibility index (Phi) is 9.61. The zero-order valence-corrected chi connectivity index (χ0v) is 18.9. The van der Waals surface area contributed by atoms with Crippen molar-refractivity contribution < 1.29 is 14.6 Å². The van der Waals surface area contributed by atoms with Gasteiger partial charge in [-0.1, -0.05) is 55.5 Å². The second kappa shape index (κ2) is 12.4. The molecule has 4 rings (SSSR count). The number of anilines is 1. The minimum Gasteiger partial charge on any atom is -0.497 e. The van der Waals surface area contributed by atoms with Crippen LogP contribution in [0, 0.1) is 0 Å². The summed E-state index contributed by atoms with van der Waals surface area (Å²) in [5.74, 6) is 0.874. The molecule has 0 aliphatic carbocycles. The molecule has 2 heterocycles. The van der Waals surface area contributed by atoms with Gasteiger partial charge in [0.25, 0.3) is 0 Å². The van der Waals surface area contributed by atoms with E-state index in [-0.39, 0.29) is 0 Å². The molecule has 1 atom stereocenters. The maximum Gasteiger partial charge on any atom is 0.183 e. The second-order valence-electron chi connectivity index (χ2n) is 6.04. The fraction of sp³-hybridized carbons (Fsp3) is 0.208. The number of benzene rings is 2. The molecule has 31 heavy (non-hydrogen) atoms. The average Bonchev–Trinajstić information content (AvgIpc) is 3.28. The summed E-state index contributed by atoms with van der Waals surface area (Å²) in [7, 11) is 3.54. The molecule has 0 spiro atoms. The maximum atomic E-state index is 10.5. The summed E-state index contributed by atoms with van der Waals surface area (Å²) in [6.45, 7) is 4.00. The first kappa shape index (κ1) is 24.0. The van der Waals surface area contributed by atoms with E-state index in [0.29, 0.717) is 11.3 Å². The first-order valence-electron chi connectivity index (χ1n) is 9.91. The van der Waals surface area contributed by atoms with E-state index in [9.17, 15) is 9.90 Å². The fourth-order valence-electron chi connectivity index (χ4n) is 2.60. The minimum atomic E-state index is -0.748. The number of nitrogens with one attached hydrogen (secondary N) is 1. The van der Waals surface area contributed by atoms with Gasteiger partial charge in [-0.25, -0.2) is 4.98 Å². The van der Waals surface area contributed by atoms with E-state index in [4.69, 9.17) is 4.74 Å². The zero-order valence-electron chi connectivity index (χ0n) is 18.1. The fourth-order valence-corrected chi connectivity index (χ4v) is 3.45. The summed E-state index contributed by atoms with van der Waals surface area (Å²) in [6.07, 6.45) is 1.66. The second-order valence-corrected chi connectivity index (χ2v) is 7.07. The molecule has 0 aliphatic heterocycles. The molecule has 2 aromatic carbocycles. The predicted molar refractivity (Wildman–Crippen MR) is 127 cm³/mol. The normalized spacial score (nSPS) is 10.7. The van der Waals surface area contributed by atoms with Crippen LogP contribution in [0.25, 0.3) is 10.2 Å². The van der Waals surface area contributed by atoms with Gasteiger partial charge in [-0.2, -0.15) is 0 Å². The van der Waals surface area contributed by atoms with Crippen LogP contribution >= 0.6 is 11.3 Å². The standard InChI is InChI=1S/C13H11NO2.C9H10N2OS.C2H6/c15-9-10-4-6-11(7-5-10)13(16)12-3-1-2-8-14-12;1-10-9-11-7-4-3-6(12-2)5-8(7)13-9;1-2/h1-9,13,16H;3-5H,1-2H3,(H,10,11);1-2H3. The minimum absolute atomic E-state index is 0.594. The van der Waals surface area contributed by atoms with Gasteiger partial charge in [0.15, 0.2) is 5.13 Å². The lowest BCUT2D eigenvalue weighted by atomic mass is 10.0. The van der Waals surface area contributed by atoms with E-state index < -0.39 is 6.10 Å². The molecule has 0 saturated carbocycles. The van der Waals surface area contributed by atoms with Gasteiger partial charge < -0.3 is 15.2 Å². The van der Waals surface area contributed by atoms with E-state index >= 15 is 0 Å². The van der Waals surface area contributed by atoms with Crippen molar-refractivity contribution in [3.63, 3.8) is 0 Å². The lowest BCUT2D eigenvalue weighted by molar-refractivity contribution is 0.112. The van der Waals surface area contributed by atoms with Crippen LogP contribution in [0.1, 0.15) is 41.6 Å². The maximum absolute atomic E-state index is 10.5. The third kappa shape index (κ3) is 6.60. The number of hydrogen-bond donors (Lipinski definition) is 2. The van der Waals surface area contributed by atoms with Crippen LogP contribution in [0.2, 0.25) is 0 Å². The summed E-state index contributed by atoms with van der Waals surface area (Å²) >= 11 is 1.62. The molecule has 4 aromatic rings. The number of aliphatic hydroxyl groups is 1. The molecule has 0 fully saturated rings. The SMILES string of the molecule is CC.CNc1nc2ccc(OC)cc2s1.O=Cc1ccc(C(O)c2ccccn2)cc1. The highest BCUT2D eigenvalue weighted by Crippen LogP contribution is 2.28. The molecule has 0 bridgehead atoms. The van der Waals surface area contributed by atoms with Crippen molar-refractivity contribution in [1.29, 1.82) is 0 Å². The Morgan fingerprint density at radius 2 is 1.84 bits per heavy atom. The van der Waals surface area contributed by atoms with Crippen LogP contribution in [-0.2, 0) is 0 Å². The van der Waals surface area contributed by atoms with Crippen LogP contribution in [0.15, 0.2) is 66.9 Å². The van der Waals surface area contributed by atoms with Crippen LogP contribution in [-0.4, -0.2) is 35.5 Å². The monoisotopic (exact) mass is 437 g/mol. The van der Waals surface area contributed by atoms with Gasteiger partial charge in [0.05, 0.1) is 23.0 Å². The lowest BCUT2D eigenvalue weighted by Crippen LogP contribution is -2.01. The van der Waals surface area contributed by atoms with Gasteiger partial charge in [-0.3, -0.25) is 9.78 Å². The van der Waals surface area contributed by atoms with Gasteiger partial charge in [0.1, 0.15) is 18.1 Å². The smallest absolute Gasteiger partial charge is 0.183 e. The third-order valence-corrected chi connectivity index (χ3v) is 5.20. The van der Waals surface area contributed by atoms with Crippen molar-refractivity contribution in [2.45, 2.75) is 20.0 Å². The van der Waals surface area contributed by atoms with Gasteiger partial charge in [-0.15, -0.1) is 0 Å². The molecule has 2 aromatic heterocycles. The number of ether oxygens (including phenoxy) is 1. The number of fused-ring (bicyclic) bond motifs is 1. The number of aromatic nitrogens is 2. The molecule has 1 unspecified atom stereocenters. The predicted octanol–water partition coefficient (Wildman–Crippen LogP) is 5.35. The van der Waals surface area contributed by atoms with Crippen LogP contribution in [0.3, 0.4) is 0 Å². The van der Waals surface area contributed by atoms with Crippen LogP contribution < -0.4 is 10.1 Å². The Morgan fingerprint density at radius 1 is 1.10 bits per heavy atom. The number of carbonyl (C=O) groups excluding carboxylic acids is 1. The van der Waals surface area contributed by atoms with Gasteiger partial charge in [-0.05, 0) is 35.9 Å². The highest BCUT2D eigenvalue weighted by molar-refractivity contribution is 7.22. The third-order valence-electron chi connectivity index (χ3n) is 4.17. The summed E-state index contributed by atoms with van der Waals surface area (Å²) in [5.41, 5.74) is 2.93. The molecule has 0 aliphatic rings. The van der Waals surface area contributed by atoms with E-state index in [2.05, 4.69) is 15.3 Å². The summed E-state index contributed by atoms with van der Waals surface area (Å²) in [6, 6.07) is 18.1. The highest BCUT2D eigenvalue weighted by Gasteiger charge is 2.10. The Labute approximate surface area is 186 Å². The number of thiazole rings is 1. The lowest BCUT2D eigenvalue weighted by Gasteiger charge is -2.09. The molecule has 6 nitrogen and oxygen atoms in total. The zero-order chi connectivity index (χ0) is 22.6. The molecule has 0 saturated heterocycles. The topological polar surface area (TPSA) is 84.3 Å². The molecular formula is C24H27N3O3S. The van der Waals surface area contributed by atoms with Crippen LogP contribution in [0.4, 0.5) is 5.13 Å². The number of pyridine rings is 1. The average molecular weight is 438 g/mol. The Balaban J connectivity index is 0.000000208. The van der Waals surface area contributed by atoms with Crippen molar-refractivity contribution in [3.8, 4) is 5.75 Å². The van der Waals surface area contributed by atoms with E-state index in [1.807, 2.05) is 45.2 Å². The van der Waals surface area contributed by atoms with Gasteiger partial charge in [0, 0.05) is 18.8 Å². The Bertz CT molecular complexity index is 1060. The van der Waals surface area contributed by atoms with E-state index in [1.54, 1.807) is 61.0 Å². The number of rotatable bonds is 5. The summed E-state index contributed by atoms with van der Waals surface area (Å²) < 4.78 is 6.27. The largest absolute Gasteiger partial charge is 0.497 e. The van der Waals surface area contributed by atoms with E-state index in [0.717, 1.165) is 32.9 Å². The number of aldehydes is 1. The molecule has 0 amide bonds. The summed E-state index contributed by atoms with van der Waals surface area (Å²) in [5, 5.41) is 14.0. The number of nitrogens with zero attached hydrogens (tertiary/aromatic N) is 2. The molecule has 7 heteroatoms. The summed E-state index contributed by atoms with van der Waals surface area (Å²) in [4.78, 5) is 18.9. The Hall–Kier alpha value is -3.29. The van der Waals surface area contributed by atoms with Crippen molar-refractivity contribution in [3.05, 3.63) is 83.7 Å². The Morgan fingerprint density at radius 3 is 2.42 bits per heavy atom. The van der Waals surface area contributed by atoms with Crippen molar-refractivity contribution in [2.75, 3.05) is 19.5 Å². The number of aliphatic hydroxyl groups excluding tert-OH is 1. The molecule has 0 radical (unpaired) electrons.